The normalized spacial score (nSPS) is 18.2. The SMILES string of the molecule is CN(CCc1ccccn1)C[C@H]1C[C@@H](c2ccc(CO)cc2)O[C@@H](c2cccc(-c3cccc(CNS(=O)(=O)c4ccccc4)c3)c2)O1. The minimum atomic E-state index is -3.62. The molecule has 0 radical (unpaired) electrons. The van der Waals surface area contributed by atoms with Crippen LogP contribution in [0, 0.1) is 0 Å². The van der Waals surface area contributed by atoms with Crippen molar-refractivity contribution in [1.29, 1.82) is 0 Å². The first-order valence-electron chi connectivity index (χ1n) is 16.2. The maximum absolute atomic E-state index is 12.8. The topological polar surface area (TPSA) is 101 Å². The van der Waals surface area contributed by atoms with Crippen molar-refractivity contribution in [2.45, 2.75) is 49.4 Å². The number of aromatic nitrogens is 1. The molecule has 1 saturated heterocycles. The Kier molecular flexibility index (Phi) is 11.1. The van der Waals surface area contributed by atoms with Gasteiger partial charge in [0.25, 0.3) is 0 Å². The molecule has 1 fully saturated rings. The van der Waals surface area contributed by atoms with Crippen LogP contribution in [0.25, 0.3) is 11.1 Å². The van der Waals surface area contributed by atoms with Gasteiger partial charge < -0.3 is 19.5 Å². The van der Waals surface area contributed by atoms with Crippen LogP contribution in [0.2, 0.25) is 0 Å². The summed E-state index contributed by atoms with van der Waals surface area (Å²) in [6.45, 7) is 1.75. The molecule has 6 rings (SSSR count). The number of rotatable bonds is 13. The van der Waals surface area contributed by atoms with Crippen LogP contribution in [0.3, 0.4) is 0 Å². The van der Waals surface area contributed by atoms with Gasteiger partial charge in [-0.2, -0.15) is 0 Å². The van der Waals surface area contributed by atoms with Crippen molar-refractivity contribution in [3.05, 3.63) is 155 Å². The quantitative estimate of drug-likeness (QED) is 0.150. The van der Waals surface area contributed by atoms with Gasteiger partial charge in [0.05, 0.1) is 23.7 Å². The van der Waals surface area contributed by atoms with Crippen molar-refractivity contribution in [3.63, 3.8) is 0 Å². The average Bonchev–Trinajstić information content (AvgIpc) is 3.14. The Morgan fingerprint density at radius 2 is 1.56 bits per heavy atom. The zero-order chi connectivity index (χ0) is 33.3. The van der Waals surface area contributed by atoms with Crippen LogP contribution in [0.15, 0.2) is 132 Å². The average molecular weight is 664 g/mol. The first kappa shape index (κ1) is 33.7. The van der Waals surface area contributed by atoms with Crippen molar-refractivity contribution < 1.29 is 23.0 Å². The standard InChI is InChI=1S/C39H41N3O5S/c1-42(22-20-35-13-5-6-21-40-35)27-36-25-38(31-18-16-29(28-43)17-19-31)47-39(46-36)34-12-8-11-33(24-34)32-10-7-9-30(23-32)26-41-48(44,45)37-14-3-2-4-15-37/h2-19,21,23-24,36,38-39,41,43H,20,22,25-28H2,1H3/t36-,38+,39+/m1/s1. The lowest BCUT2D eigenvalue weighted by atomic mass is 9.98. The molecule has 5 aromatic rings. The highest BCUT2D eigenvalue weighted by molar-refractivity contribution is 7.89. The summed E-state index contributed by atoms with van der Waals surface area (Å²) in [5.74, 6) is 0. The van der Waals surface area contributed by atoms with Crippen LogP contribution in [0.5, 0.6) is 0 Å². The van der Waals surface area contributed by atoms with Gasteiger partial charge >= 0.3 is 0 Å². The van der Waals surface area contributed by atoms with Crippen molar-refractivity contribution in [1.82, 2.24) is 14.6 Å². The predicted octanol–water partition coefficient (Wildman–Crippen LogP) is 6.44. The van der Waals surface area contributed by atoms with Gasteiger partial charge in [-0.1, -0.05) is 84.9 Å². The van der Waals surface area contributed by atoms with Crippen LogP contribution >= 0.6 is 0 Å². The third kappa shape index (κ3) is 8.82. The summed E-state index contributed by atoms with van der Waals surface area (Å²) in [5.41, 5.74) is 6.66. The molecular weight excluding hydrogens is 623 g/mol. The Morgan fingerprint density at radius 3 is 2.31 bits per heavy atom. The second-order valence-corrected chi connectivity index (χ2v) is 13.9. The van der Waals surface area contributed by atoms with E-state index >= 15 is 0 Å². The molecule has 0 saturated carbocycles. The first-order chi connectivity index (χ1) is 23.4. The molecule has 1 aliphatic rings. The van der Waals surface area contributed by atoms with E-state index in [4.69, 9.17) is 9.47 Å². The van der Waals surface area contributed by atoms with Crippen LogP contribution in [-0.4, -0.2) is 49.6 Å². The van der Waals surface area contributed by atoms with Crippen LogP contribution in [0.1, 0.15) is 46.8 Å². The molecule has 8 nitrogen and oxygen atoms in total. The lowest BCUT2D eigenvalue weighted by molar-refractivity contribution is -0.252. The number of aliphatic hydroxyl groups excluding tert-OH is 1. The Labute approximate surface area is 283 Å². The molecule has 9 heteroatoms. The molecule has 3 atom stereocenters. The largest absolute Gasteiger partial charge is 0.392 e. The van der Waals surface area contributed by atoms with Gasteiger partial charge in [-0.3, -0.25) is 4.98 Å². The third-order valence-electron chi connectivity index (χ3n) is 8.55. The molecule has 0 aliphatic carbocycles. The zero-order valence-electron chi connectivity index (χ0n) is 27.0. The number of nitrogens with zero attached hydrogens (tertiary/aromatic N) is 2. The van der Waals surface area contributed by atoms with E-state index < -0.39 is 16.3 Å². The number of hydrogen-bond acceptors (Lipinski definition) is 7. The number of hydrogen-bond donors (Lipinski definition) is 2. The number of sulfonamides is 1. The lowest BCUT2D eigenvalue weighted by Gasteiger charge is -2.38. The summed E-state index contributed by atoms with van der Waals surface area (Å²) in [6.07, 6.45) is 2.52. The van der Waals surface area contributed by atoms with Crippen molar-refractivity contribution in [2.75, 3.05) is 20.1 Å². The van der Waals surface area contributed by atoms with E-state index in [1.54, 1.807) is 30.3 Å². The van der Waals surface area contributed by atoms with E-state index in [-0.39, 0.29) is 30.3 Å². The van der Waals surface area contributed by atoms with Crippen LogP contribution in [-0.2, 0) is 39.1 Å². The minimum Gasteiger partial charge on any atom is -0.392 e. The van der Waals surface area contributed by atoms with Gasteiger partial charge in [-0.15, -0.1) is 0 Å². The van der Waals surface area contributed by atoms with Gasteiger partial charge in [0.15, 0.2) is 6.29 Å². The second-order valence-electron chi connectivity index (χ2n) is 12.1. The fourth-order valence-electron chi connectivity index (χ4n) is 5.91. The monoisotopic (exact) mass is 663 g/mol. The third-order valence-corrected chi connectivity index (χ3v) is 9.96. The second kappa shape index (κ2) is 15.8. The van der Waals surface area contributed by atoms with Gasteiger partial charge in [0.2, 0.25) is 10.0 Å². The van der Waals surface area contributed by atoms with E-state index in [2.05, 4.69) is 27.7 Å². The van der Waals surface area contributed by atoms with Crippen molar-refractivity contribution in [3.8, 4) is 11.1 Å². The smallest absolute Gasteiger partial charge is 0.240 e. The maximum Gasteiger partial charge on any atom is 0.240 e. The number of likely N-dealkylation sites (N-methyl/N-ethyl adjacent to an activating group) is 1. The predicted molar refractivity (Wildman–Crippen MR) is 186 cm³/mol. The minimum absolute atomic E-state index is 0.00583. The lowest BCUT2D eigenvalue weighted by Crippen LogP contribution is -2.38. The summed E-state index contributed by atoms with van der Waals surface area (Å²) in [6, 6.07) is 38.3. The van der Waals surface area contributed by atoms with E-state index in [1.807, 2.05) is 91.1 Å². The Bertz CT molecular complexity index is 1870. The fraction of sp³-hybridized carbons (Fsp3) is 0.256. The summed E-state index contributed by atoms with van der Waals surface area (Å²) in [5, 5.41) is 9.56. The van der Waals surface area contributed by atoms with Crippen molar-refractivity contribution in [2.24, 2.45) is 0 Å². The van der Waals surface area contributed by atoms with Crippen LogP contribution < -0.4 is 4.72 Å². The highest BCUT2D eigenvalue weighted by Crippen LogP contribution is 2.39. The molecule has 0 bridgehead atoms. The molecule has 248 valence electrons. The highest BCUT2D eigenvalue weighted by atomic mass is 32.2. The molecule has 0 unspecified atom stereocenters. The van der Waals surface area contributed by atoms with E-state index in [1.165, 1.54) is 0 Å². The van der Waals surface area contributed by atoms with Gasteiger partial charge in [0, 0.05) is 49.9 Å². The molecule has 1 aliphatic heterocycles. The van der Waals surface area contributed by atoms with E-state index in [0.29, 0.717) is 6.42 Å². The van der Waals surface area contributed by atoms with E-state index in [0.717, 1.165) is 58.6 Å². The maximum atomic E-state index is 12.8. The molecule has 48 heavy (non-hydrogen) atoms. The molecule has 4 aromatic carbocycles. The van der Waals surface area contributed by atoms with Gasteiger partial charge in [-0.25, -0.2) is 13.1 Å². The van der Waals surface area contributed by atoms with Gasteiger partial charge in [-0.05, 0) is 71.3 Å². The zero-order valence-corrected chi connectivity index (χ0v) is 27.8. The van der Waals surface area contributed by atoms with Crippen LogP contribution in [0.4, 0.5) is 0 Å². The summed E-state index contributed by atoms with van der Waals surface area (Å²) in [7, 11) is -1.52. The Hall–Kier alpha value is -4.22. The Morgan fingerprint density at radius 1 is 0.812 bits per heavy atom. The number of pyridine rings is 1. The summed E-state index contributed by atoms with van der Waals surface area (Å²) >= 11 is 0. The Balaban J connectivity index is 1.19. The summed E-state index contributed by atoms with van der Waals surface area (Å²) in [4.78, 5) is 6.98. The molecule has 1 aromatic heterocycles. The fourth-order valence-corrected chi connectivity index (χ4v) is 6.95. The first-order valence-corrected chi connectivity index (χ1v) is 17.7. The summed E-state index contributed by atoms with van der Waals surface area (Å²) < 4.78 is 41.5. The number of nitrogens with one attached hydrogen (secondary N) is 1. The highest BCUT2D eigenvalue weighted by Gasteiger charge is 2.33. The number of ether oxygens (including phenoxy) is 2. The molecule has 0 amide bonds. The molecular formula is C39H41N3O5S. The van der Waals surface area contributed by atoms with Crippen molar-refractivity contribution >= 4 is 10.0 Å². The van der Waals surface area contributed by atoms with E-state index in [9.17, 15) is 13.5 Å². The van der Waals surface area contributed by atoms with Gasteiger partial charge in [0.1, 0.15) is 0 Å². The molecule has 2 heterocycles. The number of benzene rings is 4. The number of aliphatic hydroxyl groups is 1. The molecule has 2 N–H and O–H groups in total. The molecule has 0 spiro atoms.